The number of nitrogens with zero attached hydrogens (tertiary/aromatic N) is 2. The Morgan fingerprint density at radius 3 is 2.49 bits per heavy atom. The van der Waals surface area contributed by atoms with Crippen LogP contribution < -0.4 is 15.4 Å². The quantitative estimate of drug-likeness (QED) is 0.228. The van der Waals surface area contributed by atoms with E-state index in [9.17, 15) is 9.90 Å². The van der Waals surface area contributed by atoms with Crippen LogP contribution in [0.4, 0.5) is 5.69 Å². The zero-order chi connectivity index (χ0) is 33.8. The number of nitrogens with two attached hydrogens (primary N) is 1. The Labute approximate surface area is 281 Å². The third kappa shape index (κ3) is 10.6. The first kappa shape index (κ1) is 37.1. The second-order valence-corrected chi connectivity index (χ2v) is 13.6. The monoisotopic (exact) mass is 655 g/mol. The molecule has 0 radical (unpaired) electrons. The Balaban J connectivity index is 1.53. The number of aliphatic hydroxyl groups excluding tert-OH is 1. The number of piperidine rings is 1. The van der Waals surface area contributed by atoms with Crippen LogP contribution in [0.25, 0.3) is 0 Å². The van der Waals surface area contributed by atoms with Crippen LogP contribution in [0.1, 0.15) is 56.2 Å². The van der Waals surface area contributed by atoms with E-state index in [1.165, 1.54) is 0 Å². The Bertz CT molecular complexity index is 1230. The molecule has 3 N–H and O–H groups in total. The Kier molecular flexibility index (Phi) is 14.8. The number of hydrogen-bond donors (Lipinski definition) is 2. The van der Waals surface area contributed by atoms with Crippen LogP contribution in [-0.2, 0) is 37.0 Å². The molecule has 4 rings (SSSR count). The van der Waals surface area contributed by atoms with Crippen molar-refractivity contribution in [1.29, 1.82) is 0 Å². The number of aliphatic hydroxyl groups is 1. The number of likely N-dealkylation sites (tertiary alicyclic amines) is 1. The molecule has 2 aromatic carbocycles. The number of fused-ring (bicyclic) bond motifs is 1. The predicted molar refractivity (Wildman–Crippen MR) is 184 cm³/mol. The SMILES string of the molecule is COCCCN1CCOc2ccc(CO[C@H]3CN(C(=O)[C@@H](N)CC(C)C)C[C@@H](CO)[C@@H]3c3ccc(COC[C@@H](C)COC)cc3)cc21. The van der Waals surface area contributed by atoms with E-state index in [0.29, 0.717) is 71.0 Å². The summed E-state index contributed by atoms with van der Waals surface area (Å²) < 4.78 is 29.1. The molecule has 2 aliphatic rings. The van der Waals surface area contributed by atoms with E-state index < -0.39 is 6.04 Å². The zero-order valence-corrected chi connectivity index (χ0v) is 29.1. The number of ether oxygens (including phenoxy) is 5. The molecule has 47 heavy (non-hydrogen) atoms. The minimum Gasteiger partial charge on any atom is -0.490 e. The van der Waals surface area contributed by atoms with Crippen LogP contribution in [0.2, 0.25) is 0 Å². The topological polar surface area (TPSA) is 116 Å². The van der Waals surface area contributed by atoms with Crippen molar-refractivity contribution in [3.8, 4) is 5.75 Å². The molecule has 0 saturated carbocycles. The van der Waals surface area contributed by atoms with Crippen molar-refractivity contribution >= 4 is 11.6 Å². The number of anilines is 1. The third-order valence-electron chi connectivity index (χ3n) is 9.06. The summed E-state index contributed by atoms with van der Waals surface area (Å²) in [6.45, 7) is 12.3. The molecule has 10 heteroatoms. The van der Waals surface area contributed by atoms with Crippen LogP contribution in [0.15, 0.2) is 42.5 Å². The molecule has 1 saturated heterocycles. The molecule has 0 aromatic heterocycles. The van der Waals surface area contributed by atoms with Gasteiger partial charge in [-0.25, -0.2) is 0 Å². The maximum atomic E-state index is 13.5. The number of benzene rings is 2. The number of carbonyl (C=O) groups excluding carboxylic acids is 1. The van der Waals surface area contributed by atoms with E-state index in [2.05, 4.69) is 56.0 Å². The molecule has 0 spiro atoms. The standard InChI is InChI=1S/C37H57N3O7/c1-26(2)17-32(38)37(42)40-19-31(21-41)36(30-10-7-28(8-11-30)24-45-23-27(3)22-44-5)35(20-40)47-25-29-9-12-34-33(18-29)39(14-16-46-34)13-6-15-43-4/h7-12,18,26-27,31-32,35-36,41H,6,13-17,19-25,38H2,1-5H3/t27-,31-,32-,35-,36-/m0/s1. The van der Waals surface area contributed by atoms with Gasteiger partial charge in [-0.3, -0.25) is 4.79 Å². The van der Waals surface area contributed by atoms with Gasteiger partial charge >= 0.3 is 0 Å². The molecule has 2 aliphatic heterocycles. The number of rotatable bonds is 18. The van der Waals surface area contributed by atoms with Gasteiger partial charge in [0, 0.05) is 64.8 Å². The average molecular weight is 656 g/mol. The smallest absolute Gasteiger partial charge is 0.239 e. The van der Waals surface area contributed by atoms with E-state index >= 15 is 0 Å². The number of amides is 1. The normalized spacial score (nSPS) is 21.0. The van der Waals surface area contributed by atoms with Crippen LogP contribution in [-0.4, -0.2) is 101 Å². The van der Waals surface area contributed by atoms with Gasteiger partial charge in [-0.05, 0) is 47.6 Å². The molecule has 1 fully saturated rings. The molecule has 2 heterocycles. The molecule has 10 nitrogen and oxygen atoms in total. The fraction of sp³-hybridized carbons (Fsp3) is 0.649. The Morgan fingerprint density at radius 2 is 1.79 bits per heavy atom. The lowest BCUT2D eigenvalue weighted by Crippen LogP contribution is -2.56. The number of methoxy groups -OCH3 is 2. The van der Waals surface area contributed by atoms with Crippen molar-refractivity contribution in [2.24, 2.45) is 23.5 Å². The molecule has 0 bridgehead atoms. The number of carbonyl (C=O) groups is 1. The van der Waals surface area contributed by atoms with E-state index in [-0.39, 0.29) is 30.5 Å². The summed E-state index contributed by atoms with van der Waals surface area (Å²) in [6, 6.07) is 14.0. The fourth-order valence-corrected chi connectivity index (χ4v) is 6.73. The van der Waals surface area contributed by atoms with Crippen molar-refractivity contribution in [3.63, 3.8) is 0 Å². The third-order valence-corrected chi connectivity index (χ3v) is 9.06. The highest BCUT2D eigenvalue weighted by Crippen LogP contribution is 2.37. The molecule has 262 valence electrons. The number of hydrogen-bond acceptors (Lipinski definition) is 9. The summed E-state index contributed by atoms with van der Waals surface area (Å²) in [5.74, 6) is 1.12. The summed E-state index contributed by atoms with van der Waals surface area (Å²) in [4.78, 5) is 17.7. The van der Waals surface area contributed by atoms with Crippen molar-refractivity contribution in [2.75, 3.05) is 78.3 Å². The van der Waals surface area contributed by atoms with Crippen molar-refractivity contribution in [2.45, 2.75) is 64.9 Å². The van der Waals surface area contributed by atoms with Gasteiger partial charge in [0.15, 0.2) is 0 Å². The maximum Gasteiger partial charge on any atom is 0.239 e. The highest BCUT2D eigenvalue weighted by Gasteiger charge is 2.41. The van der Waals surface area contributed by atoms with Crippen molar-refractivity contribution < 1.29 is 33.6 Å². The molecule has 0 unspecified atom stereocenters. The van der Waals surface area contributed by atoms with Gasteiger partial charge in [0.2, 0.25) is 5.91 Å². The van der Waals surface area contributed by atoms with Gasteiger partial charge < -0.3 is 44.3 Å². The molecule has 0 aliphatic carbocycles. The largest absolute Gasteiger partial charge is 0.490 e. The molecular weight excluding hydrogens is 598 g/mol. The van der Waals surface area contributed by atoms with Crippen LogP contribution >= 0.6 is 0 Å². The van der Waals surface area contributed by atoms with Gasteiger partial charge in [-0.1, -0.05) is 51.1 Å². The molecule has 1 amide bonds. The lowest BCUT2D eigenvalue weighted by molar-refractivity contribution is -0.141. The second kappa shape index (κ2) is 18.7. The highest BCUT2D eigenvalue weighted by atomic mass is 16.5. The minimum absolute atomic E-state index is 0.0669. The van der Waals surface area contributed by atoms with E-state index in [1.807, 2.05) is 12.1 Å². The first-order valence-electron chi connectivity index (χ1n) is 17.2. The lowest BCUT2D eigenvalue weighted by atomic mass is 9.78. The van der Waals surface area contributed by atoms with Gasteiger partial charge in [0.1, 0.15) is 12.4 Å². The van der Waals surface area contributed by atoms with Gasteiger partial charge in [-0.15, -0.1) is 0 Å². The van der Waals surface area contributed by atoms with Gasteiger partial charge in [-0.2, -0.15) is 0 Å². The minimum atomic E-state index is -0.581. The zero-order valence-electron chi connectivity index (χ0n) is 29.1. The van der Waals surface area contributed by atoms with Gasteiger partial charge in [0.25, 0.3) is 0 Å². The average Bonchev–Trinajstić information content (AvgIpc) is 3.07. The highest BCUT2D eigenvalue weighted by molar-refractivity contribution is 5.81. The predicted octanol–water partition coefficient (Wildman–Crippen LogP) is 4.21. The van der Waals surface area contributed by atoms with Crippen LogP contribution in [0, 0.1) is 17.8 Å². The van der Waals surface area contributed by atoms with Gasteiger partial charge in [0.05, 0.1) is 50.8 Å². The molecule has 5 atom stereocenters. The maximum absolute atomic E-state index is 13.5. The summed E-state index contributed by atoms with van der Waals surface area (Å²) in [5.41, 5.74) is 10.6. The van der Waals surface area contributed by atoms with Crippen LogP contribution in [0.5, 0.6) is 5.75 Å². The summed E-state index contributed by atoms with van der Waals surface area (Å²) in [7, 11) is 3.43. The summed E-state index contributed by atoms with van der Waals surface area (Å²) in [6.07, 6.45) is 1.21. The van der Waals surface area contributed by atoms with Crippen molar-refractivity contribution in [3.05, 3.63) is 59.2 Å². The first-order chi connectivity index (χ1) is 22.7. The fourth-order valence-electron chi connectivity index (χ4n) is 6.73. The first-order valence-corrected chi connectivity index (χ1v) is 17.2. The van der Waals surface area contributed by atoms with Crippen molar-refractivity contribution in [1.82, 2.24) is 4.90 Å². The van der Waals surface area contributed by atoms with E-state index in [4.69, 9.17) is 29.4 Å². The molecule has 2 aromatic rings. The summed E-state index contributed by atoms with van der Waals surface area (Å²) in [5, 5.41) is 10.6. The van der Waals surface area contributed by atoms with E-state index in [1.54, 1.807) is 19.1 Å². The lowest BCUT2D eigenvalue weighted by Gasteiger charge is -2.44. The Hall–Kier alpha value is -2.73. The van der Waals surface area contributed by atoms with E-state index in [0.717, 1.165) is 47.6 Å². The molecular formula is C37H57N3O7. The Morgan fingerprint density at radius 1 is 1.02 bits per heavy atom. The van der Waals surface area contributed by atoms with Crippen LogP contribution in [0.3, 0.4) is 0 Å². The summed E-state index contributed by atoms with van der Waals surface area (Å²) >= 11 is 0. The second-order valence-electron chi connectivity index (χ2n) is 13.6.